The van der Waals surface area contributed by atoms with Crippen molar-refractivity contribution in [1.82, 2.24) is 25.0 Å². The molecule has 146 valence electrons. The molecular formula is C20H23N5O3. The van der Waals surface area contributed by atoms with Gasteiger partial charge in [0.05, 0.1) is 18.0 Å². The molecule has 0 fully saturated rings. The van der Waals surface area contributed by atoms with Gasteiger partial charge in [-0.3, -0.25) is 9.59 Å². The molecule has 1 N–H and O–H groups in total. The molecule has 0 spiro atoms. The highest BCUT2D eigenvalue weighted by atomic mass is 16.3. The molecule has 0 bridgehead atoms. The van der Waals surface area contributed by atoms with Crippen molar-refractivity contribution in [1.29, 1.82) is 0 Å². The first-order valence-corrected chi connectivity index (χ1v) is 9.08. The summed E-state index contributed by atoms with van der Waals surface area (Å²) in [6.45, 7) is 2.40. The van der Waals surface area contributed by atoms with Gasteiger partial charge in [0.1, 0.15) is 12.7 Å². The summed E-state index contributed by atoms with van der Waals surface area (Å²) in [5.41, 5.74) is 1.94. The molecule has 0 saturated heterocycles. The fourth-order valence-corrected chi connectivity index (χ4v) is 2.80. The third-order valence-electron chi connectivity index (χ3n) is 4.63. The number of rotatable bonds is 8. The van der Waals surface area contributed by atoms with Crippen molar-refractivity contribution in [3.05, 3.63) is 66.6 Å². The number of hydrogen-bond donors (Lipinski definition) is 1. The van der Waals surface area contributed by atoms with Crippen molar-refractivity contribution in [3.63, 3.8) is 0 Å². The molecule has 0 radical (unpaired) electrons. The van der Waals surface area contributed by atoms with Crippen LogP contribution in [0.3, 0.4) is 0 Å². The van der Waals surface area contributed by atoms with Crippen LogP contribution in [0.1, 0.15) is 41.9 Å². The van der Waals surface area contributed by atoms with E-state index in [0.717, 1.165) is 11.3 Å². The molecule has 2 aromatic heterocycles. The summed E-state index contributed by atoms with van der Waals surface area (Å²) < 4.78 is 6.71. The number of nitrogens with one attached hydrogen (secondary N) is 1. The predicted molar refractivity (Wildman–Crippen MR) is 103 cm³/mol. The highest BCUT2D eigenvalue weighted by Gasteiger charge is 2.17. The number of benzene rings is 1. The van der Waals surface area contributed by atoms with Crippen molar-refractivity contribution in [2.45, 2.75) is 25.8 Å². The lowest BCUT2D eigenvalue weighted by molar-refractivity contribution is -0.131. The Morgan fingerprint density at radius 3 is 2.68 bits per heavy atom. The first-order chi connectivity index (χ1) is 13.6. The number of nitrogens with zero attached hydrogens (tertiary/aromatic N) is 4. The summed E-state index contributed by atoms with van der Waals surface area (Å²) >= 11 is 0. The van der Waals surface area contributed by atoms with Crippen LogP contribution in [-0.2, 0) is 4.79 Å². The second-order valence-corrected chi connectivity index (χ2v) is 6.45. The van der Waals surface area contributed by atoms with Crippen LogP contribution in [0.15, 0.2) is 59.7 Å². The summed E-state index contributed by atoms with van der Waals surface area (Å²) in [7, 11) is 1.79. The van der Waals surface area contributed by atoms with E-state index in [-0.39, 0.29) is 23.6 Å². The molecular weight excluding hydrogens is 358 g/mol. The van der Waals surface area contributed by atoms with E-state index in [0.29, 0.717) is 19.4 Å². The Bertz CT molecular complexity index is 889. The van der Waals surface area contributed by atoms with Crippen LogP contribution in [0.2, 0.25) is 0 Å². The van der Waals surface area contributed by atoms with Gasteiger partial charge in [0.25, 0.3) is 5.91 Å². The highest BCUT2D eigenvalue weighted by Crippen LogP contribution is 2.21. The summed E-state index contributed by atoms with van der Waals surface area (Å²) in [5.74, 6) is 0.0261. The number of aromatic nitrogens is 3. The molecule has 3 aromatic rings. The Morgan fingerprint density at radius 2 is 2.04 bits per heavy atom. The zero-order valence-electron chi connectivity index (χ0n) is 15.9. The van der Waals surface area contributed by atoms with E-state index in [4.69, 9.17) is 4.42 Å². The van der Waals surface area contributed by atoms with Crippen LogP contribution in [0.4, 0.5) is 0 Å². The molecule has 1 unspecified atom stereocenters. The second kappa shape index (κ2) is 8.98. The van der Waals surface area contributed by atoms with E-state index in [1.54, 1.807) is 35.1 Å². The van der Waals surface area contributed by atoms with Gasteiger partial charge in [-0.15, -0.1) is 0 Å². The van der Waals surface area contributed by atoms with E-state index in [1.807, 2.05) is 31.2 Å². The summed E-state index contributed by atoms with van der Waals surface area (Å²) in [6, 6.07) is 11.1. The summed E-state index contributed by atoms with van der Waals surface area (Å²) in [4.78, 5) is 29.9. The van der Waals surface area contributed by atoms with E-state index in [2.05, 4.69) is 15.4 Å². The quantitative estimate of drug-likeness (QED) is 0.606. The standard InChI is InChI=1S/C20H23N5O3/c1-15(16-7-9-17(10-8-16)25-14-21-13-23-25)24(2)19(26)6-3-11-22-20(27)18-5-4-12-28-18/h4-5,7-10,12-15H,3,6,11H2,1-2H3,(H,22,27). The molecule has 0 aliphatic rings. The van der Waals surface area contributed by atoms with Gasteiger partial charge in [0.2, 0.25) is 5.91 Å². The molecule has 1 aromatic carbocycles. The van der Waals surface area contributed by atoms with Crippen molar-refractivity contribution in [2.24, 2.45) is 0 Å². The molecule has 3 rings (SSSR count). The van der Waals surface area contributed by atoms with Crippen LogP contribution in [0, 0.1) is 0 Å². The van der Waals surface area contributed by atoms with E-state index < -0.39 is 0 Å². The number of furan rings is 1. The second-order valence-electron chi connectivity index (χ2n) is 6.45. The Hall–Kier alpha value is -3.42. The van der Waals surface area contributed by atoms with Crippen LogP contribution in [0.25, 0.3) is 5.69 Å². The maximum atomic E-state index is 12.5. The maximum absolute atomic E-state index is 12.5. The van der Waals surface area contributed by atoms with Gasteiger partial charge in [-0.25, -0.2) is 9.67 Å². The lowest BCUT2D eigenvalue weighted by Crippen LogP contribution is -2.31. The summed E-state index contributed by atoms with van der Waals surface area (Å²) in [6.07, 6.45) is 5.50. The lowest BCUT2D eigenvalue weighted by Gasteiger charge is -2.25. The number of amides is 2. The van der Waals surface area contributed by atoms with Crippen LogP contribution in [0.5, 0.6) is 0 Å². The average Bonchev–Trinajstić information content (AvgIpc) is 3.44. The van der Waals surface area contributed by atoms with E-state index in [9.17, 15) is 9.59 Å². The van der Waals surface area contributed by atoms with Crippen molar-refractivity contribution < 1.29 is 14.0 Å². The molecule has 2 amide bonds. The van der Waals surface area contributed by atoms with Gasteiger partial charge in [-0.2, -0.15) is 5.10 Å². The van der Waals surface area contributed by atoms with Gasteiger partial charge in [0, 0.05) is 20.0 Å². The summed E-state index contributed by atoms with van der Waals surface area (Å²) in [5, 5.41) is 6.84. The number of carbonyl (C=O) groups excluding carboxylic acids is 2. The largest absolute Gasteiger partial charge is 0.459 e. The first kappa shape index (κ1) is 19.3. The minimum Gasteiger partial charge on any atom is -0.459 e. The highest BCUT2D eigenvalue weighted by molar-refractivity contribution is 5.91. The zero-order chi connectivity index (χ0) is 19.9. The predicted octanol–water partition coefficient (Wildman–Crippen LogP) is 2.59. The fraction of sp³-hybridized carbons (Fsp3) is 0.300. The fourth-order valence-electron chi connectivity index (χ4n) is 2.80. The Balaban J connectivity index is 1.46. The lowest BCUT2D eigenvalue weighted by atomic mass is 10.1. The minimum absolute atomic E-state index is 0.0279. The molecule has 8 nitrogen and oxygen atoms in total. The monoisotopic (exact) mass is 381 g/mol. The maximum Gasteiger partial charge on any atom is 0.286 e. The van der Waals surface area contributed by atoms with E-state index in [1.165, 1.54) is 12.6 Å². The third kappa shape index (κ3) is 4.64. The molecule has 28 heavy (non-hydrogen) atoms. The minimum atomic E-state index is -0.272. The van der Waals surface area contributed by atoms with Gasteiger partial charge in [0.15, 0.2) is 5.76 Å². The Labute approximate surface area is 163 Å². The van der Waals surface area contributed by atoms with Crippen molar-refractivity contribution in [2.75, 3.05) is 13.6 Å². The third-order valence-corrected chi connectivity index (χ3v) is 4.63. The van der Waals surface area contributed by atoms with Gasteiger partial charge in [-0.05, 0) is 43.2 Å². The van der Waals surface area contributed by atoms with Gasteiger partial charge in [-0.1, -0.05) is 12.1 Å². The van der Waals surface area contributed by atoms with Crippen LogP contribution >= 0.6 is 0 Å². The van der Waals surface area contributed by atoms with E-state index >= 15 is 0 Å². The number of carbonyl (C=O) groups is 2. The molecule has 0 saturated carbocycles. The smallest absolute Gasteiger partial charge is 0.286 e. The van der Waals surface area contributed by atoms with Crippen molar-refractivity contribution >= 4 is 11.8 Å². The topological polar surface area (TPSA) is 93.3 Å². The Kier molecular flexibility index (Phi) is 6.21. The SMILES string of the molecule is CC(c1ccc(-n2cncn2)cc1)N(C)C(=O)CCCNC(=O)c1ccco1. The number of hydrogen-bond acceptors (Lipinski definition) is 5. The molecule has 2 heterocycles. The average molecular weight is 381 g/mol. The first-order valence-electron chi connectivity index (χ1n) is 9.08. The molecule has 0 aliphatic heterocycles. The normalized spacial score (nSPS) is 11.8. The Morgan fingerprint density at radius 1 is 1.25 bits per heavy atom. The molecule has 0 aliphatic carbocycles. The van der Waals surface area contributed by atoms with Crippen LogP contribution < -0.4 is 5.32 Å². The van der Waals surface area contributed by atoms with Gasteiger partial charge < -0.3 is 14.6 Å². The molecule has 1 atom stereocenters. The molecule has 8 heteroatoms. The van der Waals surface area contributed by atoms with Crippen LogP contribution in [-0.4, -0.2) is 45.1 Å². The zero-order valence-corrected chi connectivity index (χ0v) is 15.9. The van der Waals surface area contributed by atoms with Gasteiger partial charge >= 0.3 is 0 Å². The van der Waals surface area contributed by atoms with Crippen molar-refractivity contribution in [3.8, 4) is 5.69 Å².